The molecule has 0 bridgehead atoms. The first-order chi connectivity index (χ1) is 14.5. The van der Waals surface area contributed by atoms with E-state index in [0.29, 0.717) is 45.5 Å². The summed E-state index contributed by atoms with van der Waals surface area (Å²) in [5.74, 6) is 1.51. The predicted molar refractivity (Wildman–Crippen MR) is 113 cm³/mol. The van der Waals surface area contributed by atoms with E-state index >= 15 is 0 Å². The standard InChI is InChI=1S/C23H20N2O5/c1-25-18-12-14(22(26)24-17-10-9-15(28-2)13-21(17)29-3)8-11-20(18)30-19-7-5-4-6-16(19)23(25)27/h4-13H,1-3H3,(H,24,26). The SMILES string of the molecule is COc1ccc(NC(=O)c2ccc3c(c2)N(C)C(=O)c2ccccc2O3)c(OC)c1. The summed E-state index contributed by atoms with van der Waals surface area (Å²) in [5, 5.41) is 2.83. The van der Waals surface area contributed by atoms with Gasteiger partial charge >= 0.3 is 0 Å². The van der Waals surface area contributed by atoms with Crippen molar-refractivity contribution in [1.29, 1.82) is 0 Å². The van der Waals surface area contributed by atoms with Gasteiger partial charge in [-0.1, -0.05) is 12.1 Å². The van der Waals surface area contributed by atoms with Gasteiger partial charge in [0.05, 0.1) is 31.2 Å². The zero-order chi connectivity index (χ0) is 21.3. The highest BCUT2D eigenvalue weighted by molar-refractivity contribution is 6.11. The van der Waals surface area contributed by atoms with Crippen LogP contribution >= 0.6 is 0 Å². The van der Waals surface area contributed by atoms with E-state index in [9.17, 15) is 9.59 Å². The van der Waals surface area contributed by atoms with Crippen LogP contribution in [0.25, 0.3) is 0 Å². The van der Waals surface area contributed by atoms with E-state index in [1.54, 1.807) is 74.8 Å². The van der Waals surface area contributed by atoms with Gasteiger partial charge in [0.1, 0.15) is 17.2 Å². The van der Waals surface area contributed by atoms with Crippen molar-refractivity contribution in [3.8, 4) is 23.0 Å². The molecule has 3 aromatic carbocycles. The fourth-order valence-corrected chi connectivity index (χ4v) is 3.24. The second kappa shape index (κ2) is 7.79. The summed E-state index contributed by atoms with van der Waals surface area (Å²) >= 11 is 0. The summed E-state index contributed by atoms with van der Waals surface area (Å²) in [5.41, 5.74) is 1.85. The van der Waals surface area contributed by atoms with Gasteiger partial charge in [-0.3, -0.25) is 9.59 Å². The zero-order valence-electron chi connectivity index (χ0n) is 16.8. The smallest absolute Gasteiger partial charge is 0.261 e. The van der Waals surface area contributed by atoms with E-state index in [4.69, 9.17) is 14.2 Å². The maximum atomic E-state index is 12.9. The molecule has 7 heteroatoms. The molecule has 1 heterocycles. The number of carbonyl (C=O) groups is 2. The Morgan fingerprint density at radius 3 is 2.53 bits per heavy atom. The van der Waals surface area contributed by atoms with Crippen LogP contribution in [0.5, 0.6) is 23.0 Å². The van der Waals surface area contributed by atoms with Gasteiger partial charge in [0.2, 0.25) is 0 Å². The highest BCUT2D eigenvalue weighted by atomic mass is 16.5. The number of rotatable bonds is 4. The van der Waals surface area contributed by atoms with E-state index in [1.807, 2.05) is 0 Å². The average molecular weight is 404 g/mol. The molecule has 0 fully saturated rings. The van der Waals surface area contributed by atoms with Crippen LogP contribution in [0.1, 0.15) is 20.7 Å². The highest BCUT2D eigenvalue weighted by Gasteiger charge is 2.26. The number of nitrogens with zero attached hydrogens (tertiary/aromatic N) is 1. The topological polar surface area (TPSA) is 77.1 Å². The van der Waals surface area contributed by atoms with Gasteiger partial charge in [-0.15, -0.1) is 0 Å². The minimum Gasteiger partial charge on any atom is -0.497 e. The molecule has 3 aromatic rings. The third kappa shape index (κ3) is 3.41. The van der Waals surface area contributed by atoms with Crippen LogP contribution < -0.4 is 24.4 Å². The largest absolute Gasteiger partial charge is 0.497 e. The van der Waals surface area contributed by atoms with Crippen LogP contribution in [-0.4, -0.2) is 33.1 Å². The molecule has 0 radical (unpaired) electrons. The lowest BCUT2D eigenvalue weighted by molar-refractivity contribution is 0.0989. The van der Waals surface area contributed by atoms with Crippen molar-refractivity contribution >= 4 is 23.2 Å². The number of ether oxygens (including phenoxy) is 3. The van der Waals surface area contributed by atoms with E-state index < -0.39 is 0 Å². The predicted octanol–water partition coefficient (Wildman–Crippen LogP) is 4.34. The van der Waals surface area contributed by atoms with Crippen LogP contribution in [0, 0.1) is 0 Å². The third-order valence-electron chi connectivity index (χ3n) is 4.88. The van der Waals surface area contributed by atoms with Crippen LogP contribution in [0.4, 0.5) is 11.4 Å². The van der Waals surface area contributed by atoms with Crippen molar-refractivity contribution in [3.63, 3.8) is 0 Å². The minimum absolute atomic E-state index is 0.210. The molecule has 0 saturated heterocycles. The van der Waals surface area contributed by atoms with Gasteiger partial charge in [0.25, 0.3) is 11.8 Å². The van der Waals surface area contributed by atoms with Crippen LogP contribution in [0.15, 0.2) is 60.7 Å². The molecule has 0 unspecified atom stereocenters. The summed E-state index contributed by atoms with van der Waals surface area (Å²) in [7, 11) is 4.73. The Morgan fingerprint density at radius 1 is 0.967 bits per heavy atom. The number of para-hydroxylation sites is 1. The van der Waals surface area contributed by atoms with Crippen molar-refractivity contribution in [2.24, 2.45) is 0 Å². The quantitative estimate of drug-likeness (QED) is 0.700. The summed E-state index contributed by atoms with van der Waals surface area (Å²) in [6.45, 7) is 0. The first-order valence-corrected chi connectivity index (χ1v) is 9.24. The van der Waals surface area contributed by atoms with Crippen molar-refractivity contribution in [2.75, 3.05) is 31.5 Å². The van der Waals surface area contributed by atoms with Gasteiger partial charge in [-0.05, 0) is 42.5 Å². The fraction of sp³-hybridized carbons (Fsp3) is 0.130. The molecule has 152 valence electrons. The second-order valence-electron chi connectivity index (χ2n) is 6.67. The molecule has 2 amide bonds. The van der Waals surface area contributed by atoms with Crippen molar-refractivity contribution in [1.82, 2.24) is 0 Å². The summed E-state index contributed by atoms with van der Waals surface area (Å²) in [4.78, 5) is 27.2. The maximum Gasteiger partial charge on any atom is 0.261 e. The van der Waals surface area contributed by atoms with Crippen LogP contribution in [0.3, 0.4) is 0 Å². The van der Waals surface area contributed by atoms with E-state index in [1.165, 1.54) is 12.0 Å². The fourth-order valence-electron chi connectivity index (χ4n) is 3.24. The Hall–Kier alpha value is -4.00. The summed E-state index contributed by atoms with van der Waals surface area (Å²) in [6, 6.07) is 17.1. The molecule has 1 aliphatic heterocycles. The normalized spacial score (nSPS) is 12.2. The molecule has 1 N–H and O–H groups in total. The number of fused-ring (bicyclic) bond motifs is 2. The molecule has 0 atom stereocenters. The molecule has 0 saturated carbocycles. The minimum atomic E-state index is -0.344. The van der Waals surface area contributed by atoms with Crippen molar-refractivity contribution in [3.05, 3.63) is 71.8 Å². The lowest BCUT2D eigenvalue weighted by Crippen LogP contribution is -2.25. The molecule has 1 aliphatic rings. The first-order valence-electron chi connectivity index (χ1n) is 9.24. The number of amides is 2. The molecular weight excluding hydrogens is 384 g/mol. The Kier molecular flexibility index (Phi) is 5.02. The molecular formula is C23H20N2O5. The lowest BCUT2D eigenvalue weighted by Gasteiger charge is -2.17. The van der Waals surface area contributed by atoms with Gasteiger partial charge in [-0.25, -0.2) is 0 Å². The first kappa shape index (κ1) is 19.3. The average Bonchev–Trinajstić information content (AvgIpc) is 2.88. The zero-order valence-corrected chi connectivity index (χ0v) is 16.8. The second-order valence-corrected chi connectivity index (χ2v) is 6.67. The Bertz CT molecular complexity index is 1140. The summed E-state index contributed by atoms with van der Waals surface area (Å²) < 4.78 is 16.4. The molecule has 4 rings (SSSR count). The maximum absolute atomic E-state index is 12.9. The molecule has 0 spiro atoms. The van der Waals surface area contributed by atoms with Gasteiger partial charge < -0.3 is 24.4 Å². The molecule has 0 aliphatic carbocycles. The van der Waals surface area contributed by atoms with Crippen molar-refractivity contribution < 1.29 is 23.8 Å². The number of methoxy groups -OCH3 is 2. The number of nitrogens with one attached hydrogen (secondary N) is 1. The number of benzene rings is 3. The van der Waals surface area contributed by atoms with Gasteiger partial charge in [-0.2, -0.15) is 0 Å². The molecule has 0 aromatic heterocycles. The lowest BCUT2D eigenvalue weighted by atomic mass is 10.1. The van der Waals surface area contributed by atoms with Crippen molar-refractivity contribution in [2.45, 2.75) is 0 Å². The van der Waals surface area contributed by atoms with Crippen LogP contribution in [0.2, 0.25) is 0 Å². The number of hydrogen-bond donors (Lipinski definition) is 1. The van der Waals surface area contributed by atoms with E-state index in [2.05, 4.69) is 5.32 Å². The number of hydrogen-bond acceptors (Lipinski definition) is 5. The van der Waals surface area contributed by atoms with E-state index in [0.717, 1.165) is 0 Å². The molecule has 30 heavy (non-hydrogen) atoms. The third-order valence-corrected chi connectivity index (χ3v) is 4.88. The number of carbonyl (C=O) groups excluding carboxylic acids is 2. The summed E-state index contributed by atoms with van der Waals surface area (Å²) in [6.07, 6.45) is 0. The van der Waals surface area contributed by atoms with Crippen LogP contribution in [-0.2, 0) is 0 Å². The Morgan fingerprint density at radius 2 is 1.77 bits per heavy atom. The Labute approximate surface area is 173 Å². The highest BCUT2D eigenvalue weighted by Crippen LogP contribution is 2.39. The molecule has 7 nitrogen and oxygen atoms in total. The van der Waals surface area contributed by atoms with Gasteiger partial charge in [0.15, 0.2) is 5.75 Å². The van der Waals surface area contributed by atoms with Gasteiger partial charge in [0, 0.05) is 18.7 Å². The number of anilines is 2. The monoisotopic (exact) mass is 404 g/mol. The van der Waals surface area contributed by atoms with E-state index in [-0.39, 0.29) is 11.8 Å². The Balaban J connectivity index is 1.65.